The molecule has 2 N–H and O–H groups in total. The van der Waals surface area contributed by atoms with Crippen LogP contribution < -0.4 is 10.6 Å². The standard InChI is InChI=1S/C11H22N4O3/c1-14(9-10(16)13-11(17)18-2)7-8-15-5-3-12-4-6-15/h12H,3-9H2,1-2H3,(H,13,16,17). The van der Waals surface area contributed by atoms with Crippen LogP contribution in [0.25, 0.3) is 0 Å². The average Bonchev–Trinajstić information content (AvgIpc) is 2.37. The molecule has 0 atom stereocenters. The SMILES string of the molecule is COC(=O)NC(=O)CN(C)CCN1CCNCC1. The number of nitrogens with one attached hydrogen (secondary N) is 2. The highest BCUT2D eigenvalue weighted by atomic mass is 16.5. The number of carbonyl (C=O) groups is 2. The summed E-state index contributed by atoms with van der Waals surface area (Å²) in [4.78, 5) is 26.5. The van der Waals surface area contributed by atoms with Crippen molar-refractivity contribution in [3.8, 4) is 0 Å². The molecule has 0 aromatic heterocycles. The van der Waals surface area contributed by atoms with Gasteiger partial charge in [-0.25, -0.2) is 4.79 Å². The van der Waals surface area contributed by atoms with E-state index in [0.29, 0.717) is 0 Å². The zero-order valence-electron chi connectivity index (χ0n) is 11.1. The fourth-order valence-corrected chi connectivity index (χ4v) is 1.78. The molecule has 1 heterocycles. The van der Waals surface area contributed by atoms with E-state index in [2.05, 4.69) is 20.3 Å². The number of nitrogens with zero attached hydrogens (tertiary/aromatic N) is 2. The molecule has 1 aliphatic heterocycles. The van der Waals surface area contributed by atoms with E-state index in [1.807, 2.05) is 11.9 Å². The first kappa shape index (κ1) is 14.9. The highest BCUT2D eigenvalue weighted by Gasteiger charge is 2.13. The molecule has 1 saturated heterocycles. The van der Waals surface area contributed by atoms with Crippen molar-refractivity contribution in [1.82, 2.24) is 20.4 Å². The summed E-state index contributed by atoms with van der Waals surface area (Å²) in [5, 5.41) is 5.42. The van der Waals surface area contributed by atoms with E-state index >= 15 is 0 Å². The summed E-state index contributed by atoms with van der Waals surface area (Å²) in [5.41, 5.74) is 0. The summed E-state index contributed by atoms with van der Waals surface area (Å²) in [6.45, 7) is 6.06. The van der Waals surface area contributed by atoms with Crippen LogP contribution in [0.3, 0.4) is 0 Å². The highest BCUT2D eigenvalue weighted by molar-refractivity contribution is 5.92. The molecule has 18 heavy (non-hydrogen) atoms. The maximum absolute atomic E-state index is 11.4. The molecular weight excluding hydrogens is 236 g/mol. The molecule has 0 bridgehead atoms. The van der Waals surface area contributed by atoms with Crippen LogP contribution in [0, 0.1) is 0 Å². The lowest BCUT2D eigenvalue weighted by atomic mass is 10.3. The van der Waals surface area contributed by atoms with Gasteiger partial charge >= 0.3 is 6.09 Å². The molecule has 0 radical (unpaired) electrons. The van der Waals surface area contributed by atoms with E-state index in [-0.39, 0.29) is 12.5 Å². The Bertz CT molecular complexity index is 279. The fourth-order valence-electron chi connectivity index (χ4n) is 1.78. The number of ether oxygens (including phenoxy) is 1. The Hall–Kier alpha value is -1.18. The summed E-state index contributed by atoms with van der Waals surface area (Å²) in [6.07, 6.45) is -0.712. The summed E-state index contributed by atoms with van der Waals surface area (Å²) in [5.74, 6) is -0.343. The highest BCUT2D eigenvalue weighted by Crippen LogP contribution is 1.93. The van der Waals surface area contributed by atoms with E-state index in [9.17, 15) is 9.59 Å². The number of hydrogen-bond donors (Lipinski definition) is 2. The van der Waals surface area contributed by atoms with Crippen molar-refractivity contribution in [3.05, 3.63) is 0 Å². The second kappa shape index (κ2) is 8.02. The molecule has 104 valence electrons. The second-order valence-electron chi connectivity index (χ2n) is 4.37. The van der Waals surface area contributed by atoms with Gasteiger partial charge in [0.1, 0.15) is 0 Å². The van der Waals surface area contributed by atoms with Gasteiger partial charge in [-0.3, -0.25) is 19.9 Å². The van der Waals surface area contributed by atoms with Gasteiger partial charge < -0.3 is 10.1 Å². The van der Waals surface area contributed by atoms with Gasteiger partial charge in [0.25, 0.3) is 0 Å². The third-order valence-corrected chi connectivity index (χ3v) is 2.85. The molecule has 1 fully saturated rings. The van der Waals surface area contributed by atoms with Crippen LogP contribution in [-0.4, -0.2) is 81.8 Å². The number of amides is 2. The van der Waals surface area contributed by atoms with Crippen molar-refractivity contribution < 1.29 is 14.3 Å². The second-order valence-corrected chi connectivity index (χ2v) is 4.37. The van der Waals surface area contributed by atoms with Gasteiger partial charge in [-0.15, -0.1) is 0 Å². The number of alkyl carbamates (subject to hydrolysis) is 1. The molecule has 0 aliphatic carbocycles. The Morgan fingerprint density at radius 1 is 1.39 bits per heavy atom. The van der Waals surface area contributed by atoms with E-state index in [4.69, 9.17) is 0 Å². The monoisotopic (exact) mass is 258 g/mol. The average molecular weight is 258 g/mol. The van der Waals surface area contributed by atoms with Gasteiger partial charge in [0.05, 0.1) is 13.7 Å². The number of methoxy groups -OCH3 is 1. The molecular formula is C11H22N4O3. The fraction of sp³-hybridized carbons (Fsp3) is 0.818. The predicted octanol–water partition coefficient (Wildman–Crippen LogP) is -1.29. The molecule has 0 spiro atoms. The molecule has 0 aromatic rings. The van der Waals surface area contributed by atoms with Crippen LogP contribution >= 0.6 is 0 Å². The van der Waals surface area contributed by atoms with Crippen LogP contribution in [0.1, 0.15) is 0 Å². The van der Waals surface area contributed by atoms with Gasteiger partial charge in [-0.05, 0) is 7.05 Å². The van der Waals surface area contributed by atoms with Crippen LogP contribution in [0.2, 0.25) is 0 Å². The molecule has 0 unspecified atom stereocenters. The van der Waals surface area contributed by atoms with Crippen LogP contribution in [0.5, 0.6) is 0 Å². The lowest BCUT2D eigenvalue weighted by Gasteiger charge is -2.28. The van der Waals surface area contributed by atoms with Crippen molar-refractivity contribution in [2.45, 2.75) is 0 Å². The van der Waals surface area contributed by atoms with Crippen molar-refractivity contribution in [3.63, 3.8) is 0 Å². The zero-order chi connectivity index (χ0) is 13.4. The minimum absolute atomic E-state index is 0.196. The van der Waals surface area contributed by atoms with Crippen molar-refractivity contribution in [2.75, 3.05) is 60.0 Å². The van der Waals surface area contributed by atoms with E-state index < -0.39 is 6.09 Å². The topological polar surface area (TPSA) is 73.9 Å². The van der Waals surface area contributed by atoms with Crippen LogP contribution in [0.4, 0.5) is 4.79 Å². The molecule has 7 nitrogen and oxygen atoms in total. The first-order valence-corrected chi connectivity index (χ1v) is 6.11. The zero-order valence-corrected chi connectivity index (χ0v) is 11.1. The van der Waals surface area contributed by atoms with E-state index in [1.165, 1.54) is 7.11 Å². The van der Waals surface area contributed by atoms with Gasteiger partial charge in [0.15, 0.2) is 0 Å². The quantitative estimate of drug-likeness (QED) is 0.639. The largest absolute Gasteiger partial charge is 0.453 e. The lowest BCUT2D eigenvalue weighted by molar-refractivity contribution is -0.121. The molecule has 7 heteroatoms. The first-order valence-electron chi connectivity index (χ1n) is 6.11. The van der Waals surface area contributed by atoms with E-state index in [1.54, 1.807) is 0 Å². The Kier molecular flexibility index (Phi) is 6.63. The van der Waals surface area contributed by atoms with Crippen molar-refractivity contribution in [1.29, 1.82) is 0 Å². The third kappa shape index (κ3) is 5.95. The van der Waals surface area contributed by atoms with Crippen LogP contribution in [-0.2, 0) is 9.53 Å². The lowest BCUT2D eigenvalue weighted by Crippen LogP contribution is -2.47. The Morgan fingerprint density at radius 2 is 2.06 bits per heavy atom. The summed E-state index contributed by atoms with van der Waals surface area (Å²) in [7, 11) is 3.09. The maximum Gasteiger partial charge on any atom is 0.413 e. The van der Waals surface area contributed by atoms with Gasteiger partial charge in [0, 0.05) is 39.3 Å². The molecule has 0 aromatic carbocycles. The van der Waals surface area contributed by atoms with E-state index in [0.717, 1.165) is 39.3 Å². The number of hydrogen-bond acceptors (Lipinski definition) is 6. The summed E-state index contributed by atoms with van der Waals surface area (Å²) in [6, 6.07) is 0. The molecule has 1 aliphatic rings. The smallest absolute Gasteiger partial charge is 0.413 e. The summed E-state index contributed by atoms with van der Waals surface area (Å²) >= 11 is 0. The van der Waals surface area contributed by atoms with Gasteiger partial charge in [-0.2, -0.15) is 0 Å². The first-order chi connectivity index (χ1) is 8.61. The molecule has 2 amide bonds. The minimum atomic E-state index is -0.712. The number of carbonyl (C=O) groups excluding carboxylic acids is 2. The van der Waals surface area contributed by atoms with Gasteiger partial charge in [0.2, 0.25) is 5.91 Å². The Labute approximate surface area is 107 Å². The Morgan fingerprint density at radius 3 is 2.67 bits per heavy atom. The minimum Gasteiger partial charge on any atom is -0.453 e. The normalized spacial score (nSPS) is 16.6. The number of piperazine rings is 1. The van der Waals surface area contributed by atoms with Crippen molar-refractivity contribution >= 4 is 12.0 Å². The molecule has 1 rings (SSSR count). The maximum atomic E-state index is 11.4. The van der Waals surface area contributed by atoms with Crippen LogP contribution in [0.15, 0.2) is 0 Å². The third-order valence-electron chi connectivity index (χ3n) is 2.85. The predicted molar refractivity (Wildman–Crippen MR) is 67.4 cm³/mol. The van der Waals surface area contributed by atoms with Crippen molar-refractivity contribution in [2.24, 2.45) is 0 Å². The number of rotatable bonds is 5. The van der Waals surface area contributed by atoms with Gasteiger partial charge in [-0.1, -0.05) is 0 Å². The molecule has 0 saturated carbocycles. The Balaban J connectivity index is 2.14. The number of imide groups is 1. The number of likely N-dealkylation sites (N-methyl/N-ethyl adjacent to an activating group) is 1. The summed E-state index contributed by atoms with van der Waals surface area (Å²) < 4.78 is 4.35.